The van der Waals surface area contributed by atoms with Crippen molar-refractivity contribution in [2.45, 2.75) is 20.8 Å². The SMILES string of the molecule is Cc1ccc(-n2nc(C)c(NC(=O)c3ccc4c(c3)OCO4)c2C)cc1. The highest BCUT2D eigenvalue weighted by Crippen LogP contribution is 2.33. The standard InChI is InChI=1S/C20H19N3O3/c1-12-4-7-16(8-5-12)23-14(3)19(13(2)22-23)21-20(24)15-6-9-17-18(10-15)26-11-25-17/h4-10H,11H2,1-3H3,(H,21,24). The van der Waals surface area contributed by atoms with Crippen LogP contribution in [0.2, 0.25) is 0 Å². The fourth-order valence-electron chi connectivity index (χ4n) is 2.98. The highest BCUT2D eigenvalue weighted by atomic mass is 16.7. The number of nitrogens with zero attached hydrogens (tertiary/aromatic N) is 2. The molecule has 2 aromatic carbocycles. The van der Waals surface area contributed by atoms with Crippen molar-refractivity contribution >= 4 is 11.6 Å². The second kappa shape index (κ2) is 6.22. The molecule has 0 saturated carbocycles. The molecular formula is C20H19N3O3. The first-order valence-corrected chi connectivity index (χ1v) is 8.37. The molecule has 2 heterocycles. The predicted molar refractivity (Wildman–Crippen MR) is 98.3 cm³/mol. The molecule has 1 aliphatic rings. The second-order valence-corrected chi connectivity index (χ2v) is 6.32. The highest BCUT2D eigenvalue weighted by Gasteiger charge is 2.19. The Morgan fingerprint density at radius 1 is 1.04 bits per heavy atom. The Bertz CT molecular complexity index is 990. The lowest BCUT2D eigenvalue weighted by atomic mass is 10.2. The van der Waals surface area contributed by atoms with Crippen LogP contribution in [0.3, 0.4) is 0 Å². The Balaban J connectivity index is 1.62. The van der Waals surface area contributed by atoms with Crippen LogP contribution in [0.5, 0.6) is 11.5 Å². The van der Waals surface area contributed by atoms with E-state index >= 15 is 0 Å². The summed E-state index contributed by atoms with van der Waals surface area (Å²) in [4.78, 5) is 12.7. The first-order chi connectivity index (χ1) is 12.5. The van der Waals surface area contributed by atoms with E-state index in [0.29, 0.717) is 22.7 Å². The van der Waals surface area contributed by atoms with Crippen LogP contribution in [-0.4, -0.2) is 22.5 Å². The van der Waals surface area contributed by atoms with Gasteiger partial charge in [-0.3, -0.25) is 4.79 Å². The molecule has 6 heteroatoms. The maximum Gasteiger partial charge on any atom is 0.255 e. The van der Waals surface area contributed by atoms with Gasteiger partial charge in [-0.25, -0.2) is 4.68 Å². The lowest BCUT2D eigenvalue weighted by Crippen LogP contribution is -2.13. The molecule has 3 aromatic rings. The van der Waals surface area contributed by atoms with Crippen molar-refractivity contribution in [1.82, 2.24) is 9.78 Å². The van der Waals surface area contributed by atoms with Gasteiger partial charge in [0.2, 0.25) is 6.79 Å². The van der Waals surface area contributed by atoms with E-state index in [0.717, 1.165) is 17.1 Å². The van der Waals surface area contributed by atoms with E-state index in [4.69, 9.17) is 9.47 Å². The first-order valence-electron chi connectivity index (χ1n) is 8.37. The van der Waals surface area contributed by atoms with Crippen molar-refractivity contribution in [1.29, 1.82) is 0 Å². The second-order valence-electron chi connectivity index (χ2n) is 6.32. The Kier molecular flexibility index (Phi) is 3.88. The monoisotopic (exact) mass is 349 g/mol. The zero-order valence-corrected chi connectivity index (χ0v) is 14.9. The number of rotatable bonds is 3. The molecule has 0 unspecified atom stereocenters. The molecule has 1 aromatic heterocycles. The van der Waals surface area contributed by atoms with Crippen LogP contribution in [0.15, 0.2) is 42.5 Å². The molecule has 0 fully saturated rings. The van der Waals surface area contributed by atoms with Crippen LogP contribution < -0.4 is 14.8 Å². The van der Waals surface area contributed by atoms with Crippen LogP contribution in [0.1, 0.15) is 27.3 Å². The number of aromatic nitrogens is 2. The average Bonchev–Trinajstić information content (AvgIpc) is 3.21. The number of carbonyl (C=O) groups excluding carboxylic acids is 1. The van der Waals surface area contributed by atoms with Crippen molar-refractivity contribution in [3.05, 3.63) is 65.0 Å². The maximum absolute atomic E-state index is 12.7. The number of hydrogen-bond donors (Lipinski definition) is 1. The topological polar surface area (TPSA) is 65.4 Å². The number of hydrogen-bond acceptors (Lipinski definition) is 4. The Morgan fingerprint density at radius 3 is 2.54 bits per heavy atom. The molecule has 0 spiro atoms. The van der Waals surface area contributed by atoms with Gasteiger partial charge in [-0.15, -0.1) is 0 Å². The van der Waals surface area contributed by atoms with Gasteiger partial charge in [-0.2, -0.15) is 5.10 Å². The largest absolute Gasteiger partial charge is 0.454 e. The van der Waals surface area contributed by atoms with Crippen LogP contribution >= 0.6 is 0 Å². The summed E-state index contributed by atoms with van der Waals surface area (Å²) in [6.45, 7) is 6.05. The van der Waals surface area contributed by atoms with Crippen molar-refractivity contribution in [2.24, 2.45) is 0 Å². The van der Waals surface area contributed by atoms with E-state index in [-0.39, 0.29) is 12.7 Å². The van der Waals surface area contributed by atoms with Gasteiger partial charge in [0.05, 0.1) is 22.8 Å². The minimum atomic E-state index is -0.210. The van der Waals surface area contributed by atoms with Gasteiger partial charge in [0, 0.05) is 5.56 Å². The molecule has 26 heavy (non-hydrogen) atoms. The number of ether oxygens (including phenoxy) is 2. The van der Waals surface area contributed by atoms with E-state index in [2.05, 4.69) is 10.4 Å². The minimum absolute atomic E-state index is 0.182. The summed E-state index contributed by atoms with van der Waals surface area (Å²) in [5.74, 6) is 1.03. The third kappa shape index (κ3) is 2.79. The zero-order valence-electron chi connectivity index (χ0n) is 14.9. The van der Waals surface area contributed by atoms with E-state index in [9.17, 15) is 4.79 Å². The molecule has 0 radical (unpaired) electrons. The molecule has 0 bridgehead atoms. The van der Waals surface area contributed by atoms with Crippen LogP contribution in [-0.2, 0) is 0 Å². The lowest BCUT2D eigenvalue weighted by molar-refractivity contribution is 0.102. The average molecular weight is 349 g/mol. The van der Waals surface area contributed by atoms with Gasteiger partial charge < -0.3 is 14.8 Å². The van der Waals surface area contributed by atoms with Crippen LogP contribution in [0, 0.1) is 20.8 Å². The summed E-state index contributed by atoms with van der Waals surface area (Å²) in [5, 5.41) is 7.54. The molecule has 6 nitrogen and oxygen atoms in total. The van der Waals surface area contributed by atoms with Gasteiger partial charge in [0.1, 0.15) is 0 Å². The summed E-state index contributed by atoms with van der Waals surface area (Å²) >= 11 is 0. The van der Waals surface area contributed by atoms with Crippen LogP contribution in [0.4, 0.5) is 5.69 Å². The smallest absolute Gasteiger partial charge is 0.255 e. The van der Waals surface area contributed by atoms with E-state index in [1.165, 1.54) is 5.56 Å². The van der Waals surface area contributed by atoms with Gasteiger partial charge in [0.15, 0.2) is 11.5 Å². The minimum Gasteiger partial charge on any atom is -0.454 e. The van der Waals surface area contributed by atoms with Gasteiger partial charge in [-0.05, 0) is 51.1 Å². The number of amides is 1. The summed E-state index contributed by atoms with van der Waals surface area (Å²) < 4.78 is 12.5. The fourth-order valence-corrected chi connectivity index (χ4v) is 2.98. The van der Waals surface area contributed by atoms with Gasteiger partial charge in [-0.1, -0.05) is 17.7 Å². The number of nitrogens with one attached hydrogen (secondary N) is 1. The third-order valence-electron chi connectivity index (χ3n) is 4.44. The summed E-state index contributed by atoms with van der Waals surface area (Å²) in [6.07, 6.45) is 0. The van der Waals surface area contributed by atoms with Crippen LogP contribution in [0.25, 0.3) is 5.69 Å². The molecule has 132 valence electrons. The molecule has 0 aliphatic carbocycles. The maximum atomic E-state index is 12.7. The highest BCUT2D eigenvalue weighted by molar-refractivity contribution is 6.05. The molecule has 4 rings (SSSR count). The molecule has 1 amide bonds. The summed E-state index contributed by atoms with van der Waals surface area (Å²) in [6, 6.07) is 13.3. The normalized spacial score (nSPS) is 12.3. The van der Waals surface area contributed by atoms with Gasteiger partial charge >= 0.3 is 0 Å². The number of carbonyl (C=O) groups is 1. The number of benzene rings is 2. The molecule has 1 aliphatic heterocycles. The number of aryl methyl sites for hydroxylation is 2. The Hall–Kier alpha value is -3.28. The molecule has 0 saturated heterocycles. The Morgan fingerprint density at radius 2 is 1.77 bits per heavy atom. The number of anilines is 1. The van der Waals surface area contributed by atoms with Crippen molar-refractivity contribution in [3.8, 4) is 17.2 Å². The first kappa shape index (κ1) is 16.2. The lowest BCUT2D eigenvalue weighted by Gasteiger charge is -2.08. The molecular weight excluding hydrogens is 330 g/mol. The summed E-state index contributed by atoms with van der Waals surface area (Å²) in [7, 11) is 0. The fraction of sp³-hybridized carbons (Fsp3) is 0.200. The molecule has 1 N–H and O–H groups in total. The quantitative estimate of drug-likeness (QED) is 0.781. The van der Waals surface area contributed by atoms with Crippen molar-refractivity contribution in [2.75, 3.05) is 12.1 Å². The van der Waals surface area contributed by atoms with E-state index in [1.54, 1.807) is 18.2 Å². The van der Waals surface area contributed by atoms with E-state index < -0.39 is 0 Å². The van der Waals surface area contributed by atoms with Gasteiger partial charge in [0.25, 0.3) is 5.91 Å². The zero-order chi connectivity index (χ0) is 18.3. The third-order valence-corrected chi connectivity index (χ3v) is 4.44. The van der Waals surface area contributed by atoms with Crippen molar-refractivity contribution in [3.63, 3.8) is 0 Å². The van der Waals surface area contributed by atoms with E-state index in [1.807, 2.05) is 49.7 Å². The predicted octanol–water partition coefficient (Wildman–Crippen LogP) is 3.78. The molecule has 0 atom stereocenters. The number of fused-ring (bicyclic) bond motifs is 1. The Labute approximate surface area is 151 Å². The van der Waals surface area contributed by atoms with Crippen molar-refractivity contribution < 1.29 is 14.3 Å². The summed E-state index contributed by atoms with van der Waals surface area (Å²) in [5.41, 5.74) is 5.01.